The molecule has 0 radical (unpaired) electrons. The average molecular weight is 342 g/mol. The molecule has 2 aromatic rings. The van der Waals surface area contributed by atoms with E-state index in [0.717, 1.165) is 16.5 Å². The average Bonchev–Trinajstić information content (AvgIpc) is 2.83. The number of halogens is 1. The summed E-state index contributed by atoms with van der Waals surface area (Å²) >= 11 is 6.14. The van der Waals surface area contributed by atoms with E-state index >= 15 is 0 Å². The molecule has 1 aromatic carbocycles. The van der Waals surface area contributed by atoms with E-state index in [9.17, 15) is 13.5 Å². The molecule has 2 aliphatic carbocycles. The molecule has 0 amide bonds. The summed E-state index contributed by atoms with van der Waals surface area (Å²) < 4.78 is 25.3. The molecule has 0 bridgehead atoms. The lowest BCUT2D eigenvalue weighted by Gasteiger charge is -2.27. The predicted octanol–water partition coefficient (Wildman–Crippen LogP) is 1.36. The van der Waals surface area contributed by atoms with Crippen LogP contribution in [-0.2, 0) is 15.6 Å². The van der Waals surface area contributed by atoms with Gasteiger partial charge in [-0.3, -0.25) is 5.10 Å². The van der Waals surface area contributed by atoms with Crippen molar-refractivity contribution in [1.29, 1.82) is 0 Å². The Morgan fingerprint density at radius 1 is 1.41 bits per heavy atom. The van der Waals surface area contributed by atoms with Gasteiger partial charge < -0.3 is 5.11 Å². The summed E-state index contributed by atoms with van der Waals surface area (Å²) in [5, 5.41) is 19.4. The van der Waals surface area contributed by atoms with E-state index < -0.39 is 15.6 Å². The summed E-state index contributed by atoms with van der Waals surface area (Å²) in [5.41, 5.74) is 0.555. The Morgan fingerprint density at radius 2 is 2.09 bits per heavy atom. The maximum atomic E-state index is 11.3. The van der Waals surface area contributed by atoms with Crippen LogP contribution in [0.25, 0.3) is 10.9 Å². The fourth-order valence-electron chi connectivity index (χ4n) is 3.89. The van der Waals surface area contributed by atoms with Gasteiger partial charge in [0.05, 0.1) is 23.6 Å². The molecule has 3 N–H and O–H groups in total. The predicted molar refractivity (Wildman–Crippen MR) is 83.0 cm³/mol. The first-order valence-corrected chi connectivity index (χ1v) is 9.37. The molecule has 4 rings (SSSR count). The van der Waals surface area contributed by atoms with Crippen LogP contribution in [0.5, 0.6) is 0 Å². The van der Waals surface area contributed by atoms with Crippen molar-refractivity contribution in [3.8, 4) is 0 Å². The fourth-order valence-corrected chi connectivity index (χ4v) is 4.97. The molecule has 0 unspecified atom stereocenters. The van der Waals surface area contributed by atoms with Gasteiger partial charge in [-0.05, 0) is 36.8 Å². The summed E-state index contributed by atoms with van der Waals surface area (Å²) in [6, 6.07) is 3.52. The third kappa shape index (κ3) is 2.23. The molecule has 118 valence electrons. The van der Waals surface area contributed by atoms with Crippen molar-refractivity contribution in [3.05, 3.63) is 28.9 Å². The van der Waals surface area contributed by atoms with Gasteiger partial charge in [0.2, 0.25) is 10.0 Å². The number of aromatic nitrogens is 2. The minimum Gasteiger partial charge on any atom is -0.385 e. The largest absolute Gasteiger partial charge is 0.385 e. The lowest BCUT2D eigenvalue weighted by atomic mass is 9.87. The van der Waals surface area contributed by atoms with E-state index in [-0.39, 0.29) is 17.9 Å². The van der Waals surface area contributed by atoms with Crippen LogP contribution in [0.4, 0.5) is 0 Å². The number of benzene rings is 1. The van der Waals surface area contributed by atoms with Gasteiger partial charge in [-0.15, -0.1) is 0 Å². The molecule has 4 atom stereocenters. The Balaban J connectivity index is 1.64. The molecule has 0 spiro atoms. The number of nitrogens with one attached hydrogen (secondary N) is 2. The summed E-state index contributed by atoms with van der Waals surface area (Å²) in [6.07, 6.45) is 3.90. The third-order valence-electron chi connectivity index (χ3n) is 4.84. The van der Waals surface area contributed by atoms with Crippen LogP contribution in [0, 0.1) is 11.8 Å². The van der Waals surface area contributed by atoms with Gasteiger partial charge >= 0.3 is 0 Å². The van der Waals surface area contributed by atoms with E-state index in [1.165, 1.54) is 6.26 Å². The zero-order chi connectivity index (χ0) is 15.7. The van der Waals surface area contributed by atoms with Crippen LogP contribution in [0.15, 0.2) is 18.3 Å². The molecule has 6 nitrogen and oxygen atoms in total. The number of aromatic amines is 1. The van der Waals surface area contributed by atoms with Gasteiger partial charge in [0.15, 0.2) is 0 Å². The van der Waals surface area contributed by atoms with Crippen molar-refractivity contribution >= 4 is 32.5 Å². The number of hydrogen-bond acceptors (Lipinski definition) is 4. The highest BCUT2D eigenvalue weighted by atomic mass is 35.5. The maximum absolute atomic E-state index is 11.3. The fraction of sp³-hybridized carbons (Fsp3) is 0.500. The first kappa shape index (κ1) is 14.4. The molecule has 22 heavy (non-hydrogen) atoms. The second kappa shape index (κ2) is 4.44. The number of nitrogens with zero attached hydrogens (tertiary/aromatic N) is 1. The van der Waals surface area contributed by atoms with Crippen LogP contribution in [0.2, 0.25) is 5.02 Å². The normalized spacial score (nSPS) is 34.0. The van der Waals surface area contributed by atoms with Gasteiger partial charge in [0.25, 0.3) is 0 Å². The van der Waals surface area contributed by atoms with Gasteiger partial charge in [0, 0.05) is 22.0 Å². The smallest absolute Gasteiger partial charge is 0.208 e. The summed E-state index contributed by atoms with van der Waals surface area (Å²) in [5.74, 6) is 0.355. The maximum Gasteiger partial charge on any atom is 0.208 e. The topological polar surface area (TPSA) is 95.1 Å². The Bertz CT molecular complexity index is 851. The Morgan fingerprint density at radius 3 is 2.73 bits per heavy atom. The number of fused-ring (bicyclic) bond motifs is 2. The highest BCUT2D eigenvalue weighted by molar-refractivity contribution is 7.88. The van der Waals surface area contributed by atoms with Gasteiger partial charge in [-0.25, -0.2) is 13.1 Å². The van der Waals surface area contributed by atoms with Crippen LogP contribution in [0.3, 0.4) is 0 Å². The molecule has 8 heteroatoms. The standard InChI is InChI=1S/C14H16ClN3O3S/c1-22(20,21)18-13-9-4-14(19,5-10(9)13)11-3-8(15)2-7-6-16-17-12(7)11/h2-3,6,9-10,13,18-19H,4-5H2,1H3,(H,16,17)/t9-,10+,13+,14-. The summed E-state index contributed by atoms with van der Waals surface area (Å²) in [7, 11) is -3.21. The number of rotatable bonds is 3. The summed E-state index contributed by atoms with van der Waals surface area (Å²) in [6.45, 7) is 0. The zero-order valence-corrected chi connectivity index (χ0v) is 13.4. The van der Waals surface area contributed by atoms with Gasteiger partial charge in [0.1, 0.15) is 0 Å². The monoisotopic (exact) mass is 341 g/mol. The molecule has 2 saturated carbocycles. The number of sulfonamides is 1. The second-order valence-electron chi connectivity index (χ2n) is 6.47. The highest BCUT2D eigenvalue weighted by Crippen LogP contribution is 2.60. The molecule has 2 aliphatic rings. The van der Waals surface area contributed by atoms with Crippen molar-refractivity contribution in [3.63, 3.8) is 0 Å². The van der Waals surface area contributed by atoms with Crippen LogP contribution >= 0.6 is 11.6 Å². The van der Waals surface area contributed by atoms with Crippen LogP contribution in [-0.4, -0.2) is 36.0 Å². The van der Waals surface area contributed by atoms with E-state index in [0.29, 0.717) is 17.9 Å². The first-order chi connectivity index (χ1) is 10.3. The van der Waals surface area contributed by atoms with Crippen LogP contribution in [0.1, 0.15) is 18.4 Å². The SMILES string of the molecule is CS(=O)(=O)N[C@H]1[C@@H]2C[C@](O)(c3cc(Cl)cc4cn[nH]c34)C[C@@H]21. The van der Waals surface area contributed by atoms with Crippen LogP contribution < -0.4 is 4.72 Å². The number of H-pyrrole nitrogens is 1. The molecule has 0 saturated heterocycles. The van der Waals surface area contributed by atoms with Crippen molar-refractivity contribution in [2.45, 2.75) is 24.5 Å². The minimum atomic E-state index is -3.21. The minimum absolute atomic E-state index is 0.0493. The molecule has 0 aliphatic heterocycles. The lowest BCUT2D eigenvalue weighted by Crippen LogP contribution is -2.33. The molecule has 2 fully saturated rings. The Kier molecular flexibility index (Phi) is 2.92. The number of hydrogen-bond donors (Lipinski definition) is 3. The van der Waals surface area contributed by atoms with E-state index in [1.54, 1.807) is 18.3 Å². The van der Waals surface area contributed by atoms with Crippen molar-refractivity contribution < 1.29 is 13.5 Å². The third-order valence-corrected chi connectivity index (χ3v) is 5.76. The van der Waals surface area contributed by atoms with Gasteiger partial charge in [-0.1, -0.05) is 11.6 Å². The lowest BCUT2D eigenvalue weighted by molar-refractivity contribution is 0.0302. The van der Waals surface area contributed by atoms with Crippen molar-refractivity contribution in [2.75, 3.05) is 6.26 Å². The van der Waals surface area contributed by atoms with E-state index in [1.807, 2.05) is 0 Å². The molecule has 1 heterocycles. The Hall–Kier alpha value is -1.15. The molecular formula is C14H16ClN3O3S. The van der Waals surface area contributed by atoms with Crippen molar-refractivity contribution in [2.24, 2.45) is 11.8 Å². The quantitative estimate of drug-likeness (QED) is 0.785. The van der Waals surface area contributed by atoms with E-state index in [4.69, 9.17) is 11.6 Å². The molecule has 1 aromatic heterocycles. The summed E-state index contributed by atoms with van der Waals surface area (Å²) in [4.78, 5) is 0. The number of aliphatic hydroxyl groups is 1. The molecular weight excluding hydrogens is 326 g/mol. The second-order valence-corrected chi connectivity index (χ2v) is 8.69. The first-order valence-electron chi connectivity index (χ1n) is 7.10. The van der Waals surface area contributed by atoms with E-state index in [2.05, 4.69) is 14.9 Å². The Labute approximate surface area is 132 Å². The highest BCUT2D eigenvalue weighted by Gasteiger charge is 2.62. The van der Waals surface area contributed by atoms with Crippen molar-refractivity contribution in [1.82, 2.24) is 14.9 Å². The van der Waals surface area contributed by atoms with Gasteiger partial charge in [-0.2, -0.15) is 5.10 Å². The zero-order valence-electron chi connectivity index (χ0n) is 11.9.